The van der Waals surface area contributed by atoms with Crippen molar-refractivity contribution in [3.05, 3.63) is 10.4 Å². The Morgan fingerprint density at radius 3 is 0.971 bits per heavy atom. The van der Waals surface area contributed by atoms with Crippen molar-refractivity contribution in [1.29, 1.82) is 0 Å². The zero-order chi connectivity index (χ0) is 79.2. The molecule has 0 saturated heterocycles. The zero-order valence-electron chi connectivity index (χ0n) is 67.5. The summed E-state index contributed by atoms with van der Waals surface area (Å²) in [5.74, 6) is -3.98. The molecule has 3 amide bonds. The van der Waals surface area contributed by atoms with Crippen LogP contribution in [0.2, 0.25) is 0 Å². The van der Waals surface area contributed by atoms with Crippen molar-refractivity contribution in [3.8, 4) is 0 Å². The predicted molar refractivity (Wildman–Crippen MR) is 399 cm³/mol. The molecule has 0 aliphatic heterocycles. The summed E-state index contributed by atoms with van der Waals surface area (Å²) < 4.78 is 97.4. The van der Waals surface area contributed by atoms with E-state index in [1.54, 1.807) is 41.5 Å². The van der Waals surface area contributed by atoms with Crippen molar-refractivity contribution in [1.82, 2.24) is 25.8 Å². The summed E-state index contributed by atoms with van der Waals surface area (Å²) in [6.45, 7) is 38.0. The fourth-order valence-electron chi connectivity index (χ4n) is 8.34. The molecule has 0 heterocycles. The second-order valence-corrected chi connectivity index (χ2v) is 28.4. The van der Waals surface area contributed by atoms with Crippen LogP contribution in [0.5, 0.6) is 0 Å². The van der Waals surface area contributed by atoms with E-state index in [1.165, 1.54) is 71.1 Å². The van der Waals surface area contributed by atoms with Gasteiger partial charge in [0.1, 0.15) is 22.4 Å². The Labute approximate surface area is 645 Å². The van der Waals surface area contributed by atoms with E-state index < -0.39 is 58.9 Å². The largest absolute Gasteiger partial charge is 1.00 e. The van der Waals surface area contributed by atoms with Crippen LogP contribution in [-0.2, 0) is 38.0 Å². The van der Waals surface area contributed by atoms with Gasteiger partial charge in [0.2, 0.25) is 0 Å². The van der Waals surface area contributed by atoms with Crippen molar-refractivity contribution in [3.63, 3.8) is 0 Å². The van der Waals surface area contributed by atoms with Gasteiger partial charge in [-0.3, -0.25) is 4.79 Å². The number of nitrogens with zero attached hydrogens (tertiary/aromatic N) is 5. The second-order valence-electron chi connectivity index (χ2n) is 28.4. The maximum absolute atomic E-state index is 12.2. The van der Waals surface area contributed by atoms with Crippen molar-refractivity contribution in [2.24, 2.45) is 28.0 Å². The van der Waals surface area contributed by atoms with E-state index in [9.17, 15) is 55.1 Å². The molecule has 0 saturated carbocycles. The van der Waals surface area contributed by atoms with E-state index in [4.69, 9.17) is 47.4 Å². The molecule has 0 aliphatic carbocycles. The fourth-order valence-corrected chi connectivity index (χ4v) is 8.34. The first-order chi connectivity index (χ1) is 47.7. The molecule has 0 spiro atoms. The third kappa shape index (κ3) is 99.9. The number of rotatable bonds is 47. The number of alkyl halides is 6. The monoisotopic (exact) mass is 1530 g/mol. The SMILES string of the molecule is CC(C)(C)OC(=O)OC(=O)OC(C)(C)C.CCCCN(CCCCCCCCN)C(=O)OC(C)(C)C.CCCCN(CCCCCCCCN=[N+]=[N-])C(=O)OC(C)(C)C.CCOC(=O)C(F)(F)F.NCCCCCCCCNCCCN.NCCCNCCCCCCCCNC(=O)C(F)(F)F.[Na+].[OH-]. The van der Waals surface area contributed by atoms with Crippen LogP contribution < -0.4 is 68.4 Å². The standard InChI is InChI=1S/C17H34N4O2.C17H36N2O2.C13H26F3N3O.C11H27N3.C10H18O5.C4H5F3O2.Na.H2O/c1-5-6-14-21(16(22)23-17(2,3)4)15-12-10-8-7-9-11-13-19-20-18;1-5-6-14-19(16(20)21-17(2,3)4)15-12-10-8-7-9-11-13-18;14-13(15,16)12(20)19-11-6-4-2-1-3-5-9-18-10-7-8-17;12-8-5-3-1-2-4-6-10-14-11-7-9-13;1-9(2,3)14-7(11)13-8(12)15-10(4,5)6;1-2-9-3(8)4(5,6)7;;/h5-15H2,1-4H3;5-15,18H2,1-4H3;18H,1-11,17H2,(H,19,20);14H,1-13H2;1-6H3;2H2,1H3;;1H2/q;;;;;;+1;/p-1. The maximum Gasteiger partial charge on any atom is 1.00 e. The molecule has 0 aromatic rings. The first kappa shape index (κ1) is 116. The van der Waals surface area contributed by atoms with E-state index in [1.807, 2.05) is 56.7 Å². The first-order valence-electron chi connectivity index (χ1n) is 37.6. The number of unbranched alkanes of at least 4 members (excludes halogenated alkanes) is 22. The van der Waals surface area contributed by atoms with E-state index in [0.29, 0.717) is 19.5 Å². The van der Waals surface area contributed by atoms with Crippen LogP contribution in [0.1, 0.15) is 296 Å². The van der Waals surface area contributed by atoms with Crippen molar-refractivity contribution in [2.45, 2.75) is 331 Å². The number of amides is 3. The maximum atomic E-state index is 12.2. The molecular formula is C72H147F6N12NaO13. The third-order valence-corrected chi connectivity index (χ3v) is 13.4. The zero-order valence-corrected chi connectivity index (χ0v) is 69.5. The van der Waals surface area contributed by atoms with Gasteiger partial charge in [-0.25, -0.2) is 24.0 Å². The first-order valence-corrected chi connectivity index (χ1v) is 37.6. The van der Waals surface area contributed by atoms with Crippen molar-refractivity contribution < 1.29 is 119 Å². The summed E-state index contributed by atoms with van der Waals surface area (Å²) in [5.41, 5.74) is 27.6. The van der Waals surface area contributed by atoms with Crippen LogP contribution in [0.3, 0.4) is 0 Å². The Bertz CT molecular complexity index is 2010. The number of esters is 1. The molecule has 12 N–H and O–H groups in total. The van der Waals surface area contributed by atoms with Gasteiger partial charge in [0.25, 0.3) is 0 Å². The molecule has 25 nitrogen and oxygen atoms in total. The smallest absolute Gasteiger partial charge is 0.870 e. The topological polar surface area (TPSA) is 383 Å². The van der Waals surface area contributed by atoms with E-state index in [2.05, 4.69) is 44.0 Å². The average Bonchev–Trinajstić information content (AvgIpc) is 0.931. The van der Waals surface area contributed by atoms with E-state index in [0.717, 1.165) is 194 Å². The van der Waals surface area contributed by atoms with Gasteiger partial charge in [-0.2, -0.15) is 26.3 Å². The summed E-state index contributed by atoms with van der Waals surface area (Å²) in [6, 6.07) is 0. The average molecular weight is 1530 g/mol. The van der Waals surface area contributed by atoms with Crippen LogP contribution >= 0.6 is 0 Å². The molecule has 0 atom stereocenters. The van der Waals surface area contributed by atoms with Crippen LogP contribution in [0.15, 0.2) is 5.11 Å². The Balaban J connectivity index is -0.000000180. The molecule has 104 heavy (non-hydrogen) atoms. The van der Waals surface area contributed by atoms with Crippen LogP contribution in [0, 0.1) is 0 Å². The van der Waals surface area contributed by atoms with Crippen molar-refractivity contribution >= 4 is 36.4 Å². The van der Waals surface area contributed by atoms with Crippen molar-refractivity contribution in [2.75, 3.05) is 98.2 Å². The second kappa shape index (κ2) is 75.6. The fraction of sp³-hybridized carbons (Fsp3) is 0.917. The van der Waals surface area contributed by atoms with Crippen LogP contribution in [-0.4, -0.2) is 185 Å². The molecule has 616 valence electrons. The number of carbonyl (C=O) groups excluding carboxylic acids is 6. The van der Waals surface area contributed by atoms with Gasteiger partial charge in [-0.05, 0) is 225 Å². The quantitative estimate of drug-likeness (QED) is 0.00342. The number of nitrogens with one attached hydrogen (secondary N) is 3. The molecule has 0 unspecified atom stereocenters. The molecule has 0 aromatic heterocycles. The summed E-state index contributed by atoms with van der Waals surface area (Å²) in [4.78, 5) is 73.0. The Kier molecular flexibility index (Phi) is 84.1. The Morgan fingerprint density at radius 1 is 0.404 bits per heavy atom. The molecule has 0 aromatic carbocycles. The van der Waals surface area contributed by atoms with Gasteiger partial charge in [0, 0.05) is 44.2 Å². The molecule has 0 aliphatic rings. The normalized spacial score (nSPS) is 11.1. The van der Waals surface area contributed by atoms with Gasteiger partial charge in [-0.15, -0.1) is 0 Å². The molecule has 32 heteroatoms. The summed E-state index contributed by atoms with van der Waals surface area (Å²) in [5, 5.41) is 12.1. The molecular weight excluding hydrogens is 1380 g/mol. The molecule has 0 fully saturated rings. The van der Waals surface area contributed by atoms with Gasteiger partial charge in [0.15, 0.2) is 0 Å². The van der Waals surface area contributed by atoms with Gasteiger partial charge in [-0.1, -0.05) is 135 Å². The molecule has 0 rings (SSSR count). The number of hydrogen-bond acceptors (Lipinski definition) is 20. The Hall–Kier alpha value is -4.17. The van der Waals surface area contributed by atoms with Gasteiger partial charge >= 0.3 is 78.3 Å². The van der Waals surface area contributed by atoms with Crippen LogP contribution in [0.25, 0.3) is 10.4 Å². The van der Waals surface area contributed by atoms with Crippen LogP contribution in [0.4, 0.5) is 45.5 Å². The summed E-state index contributed by atoms with van der Waals surface area (Å²) >= 11 is 0. The minimum atomic E-state index is -4.85. The minimum Gasteiger partial charge on any atom is -0.870 e. The van der Waals surface area contributed by atoms with E-state index in [-0.39, 0.29) is 60.4 Å². The number of carbonyl (C=O) groups is 6. The predicted octanol–water partition coefficient (Wildman–Crippen LogP) is 14.0. The van der Waals surface area contributed by atoms with Gasteiger partial charge < -0.3 is 82.6 Å². The summed E-state index contributed by atoms with van der Waals surface area (Å²) in [7, 11) is 0. The molecule has 0 bridgehead atoms. The number of nitrogens with two attached hydrogens (primary N) is 4. The Morgan fingerprint density at radius 2 is 0.692 bits per heavy atom. The number of hydrogen-bond donors (Lipinski definition) is 7. The third-order valence-electron chi connectivity index (χ3n) is 13.4. The number of ether oxygens (including phenoxy) is 6. The molecule has 0 radical (unpaired) electrons. The van der Waals surface area contributed by atoms with Gasteiger partial charge in [0.05, 0.1) is 6.61 Å². The number of halogens is 6. The van der Waals surface area contributed by atoms with E-state index >= 15 is 0 Å². The number of azide groups is 1. The minimum absolute atomic E-state index is 0. The summed E-state index contributed by atoms with van der Waals surface area (Å²) in [6.07, 6.45) is 21.4.